The van der Waals surface area contributed by atoms with Crippen molar-refractivity contribution in [2.24, 2.45) is 0 Å². The molecule has 21 heavy (non-hydrogen) atoms. The number of carbonyl (C=O) groups is 1. The van der Waals surface area contributed by atoms with E-state index in [-0.39, 0.29) is 11.7 Å². The molecule has 1 amide bonds. The van der Waals surface area contributed by atoms with Crippen LogP contribution in [0.1, 0.15) is 15.9 Å². The number of halogens is 2. The van der Waals surface area contributed by atoms with Crippen molar-refractivity contribution >= 4 is 5.91 Å². The fourth-order valence-electron chi connectivity index (χ4n) is 1.93. The molecule has 0 aliphatic heterocycles. The third kappa shape index (κ3) is 4.27. The van der Waals surface area contributed by atoms with Crippen molar-refractivity contribution in [1.29, 1.82) is 0 Å². The highest BCUT2D eigenvalue weighted by atomic mass is 19.3. The van der Waals surface area contributed by atoms with Crippen LogP contribution in [0.2, 0.25) is 0 Å². The highest BCUT2D eigenvalue weighted by molar-refractivity contribution is 5.94. The lowest BCUT2D eigenvalue weighted by molar-refractivity contribution is -0.0498. The van der Waals surface area contributed by atoms with Crippen molar-refractivity contribution in [3.05, 3.63) is 65.7 Å². The Balaban J connectivity index is 2.02. The lowest BCUT2D eigenvalue weighted by Crippen LogP contribution is -2.26. The van der Waals surface area contributed by atoms with Crippen LogP contribution in [0.4, 0.5) is 8.78 Å². The molecule has 0 heterocycles. The minimum atomic E-state index is -2.87. The molecular formula is C16H15F2NO2. The highest BCUT2D eigenvalue weighted by Gasteiger charge is 2.12. The number of carbonyl (C=O) groups excluding carboxylic acids is 1. The fraction of sp³-hybridized carbons (Fsp3) is 0.188. The second-order valence-electron chi connectivity index (χ2n) is 4.55. The zero-order chi connectivity index (χ0) is 15.2. The topological polar surface area (TPSA) is 29.5 Å². The molecule has 110 valence electrons. The van der Waals surface area contributed by atoms with Gasteiger partial charge in [0.15, 0.2) is 0 Å². The van der Waals surface area contributed by atoms with Crippen LogP contribution in [0.3, 0.4) is 0 Å². The molecule has 3 nitrogen and oxygen atoms in total. The monoisotopic (exact) mass is 291 g/mol. The Kier molecular flexibility index (Phi) is 4.87. The maximum absolute atomic E-state index is 12.2. The van der Waals surface area contributed by atoms with Gasteiger partial charge in [-0.2, -0.15) is 8.78 Å². The summed E-state index contributed by atoms with van der Waals surface area (Å²) in [5.41, 5.74) is 1.45. The minimum Gasteiger partial charge on any atom is -0.435 e. The first kappa shape index (κ1) is 15.0. The molecule has 2 aromatic rings. The maximum atomic E-state index is 12.2. The van der Waals surface area contributed by atoms with E-state index in [9.17, 15) is 13.6 Å². The van der Waals surface area contributed by atoms with E-state index in [1.165, 1.54) is 24.3 Å². The van der Waals surface area contributed by atoms with Gasteiger partial charge in [-0.15, -0.1) is 0 Å². The summed E-state index contributed by atoms with van der Waals surface area (Å²) in [4.78, 5) is 13.8. The van der Waals surface area contributed by atoms with E-state index in [1.807, 2.05) is 30.3 Å². The van der Waals surface area contributed by atoms with E-state index < -0.39 is 6.61 Å². The molecular weight excluding hydrogens is 276 g/mol. The largest absolute Gasteiger partial charge is 0.435 e. The normalized spacial score (nSPS) is 10.5. The summed E-state index contributed by atoms with van der Waals surface area (Å²) in [7, 11) is 1.69. The van der Waals surface area contributed by atoms with Crippen LogP contribution in [-0.4, -0.2) is 24.5 Å². The molecule has 0 unspecified atom stereocenters. The van der Waals surface area contributed by atoms with Crippen molar-refractivity contribution in [1.82, 2.24) is 4.90 Å². The van der Waals surface area contributed by atoms with Crippen LogP contribution >= 0.6 is 0 Å². The average Bonchev–Trinajstić information content (AvgIpc) is 2.47. The van der Waals surface area contributed by atoms with Crippen LogP contribution in [0.5, 0.6) is 5.75 Å². The van der Waals surface area contributed by atoms with Gasteiger partial charge in [0.1, 0.15) is 5.75 Å². The number of benzene rings is 2. The summed E-state index contributed by atoms with van der Waals surface area (Å²) < 4.78 is 28.4. The molecule has 2 rings (SSSR count). The summed E-state index contributed by atoms with van der Waals surface area (Å²) >= 11 is 0. The summed E-state index contributed by atoms with van der Waals surface area (Å²) in [5, 5.41) is 0. The summed E-state index contributed by atoms with van der Waals surface area (Å²) in [6.07, 6.45) is 0. The van der Waals surface area contributed by atoms with Gasteiger partial charge in [-0.3, -0.25) is 4.79 Å². The maximum Gasteiger partial charge on any atom is 0.387 e. The van der Waals surface area contributed by atoms with Crippen LogP contribution in [0.25, 0.3) is 0 Å². The Morgan fingerprint density at radius 1 is 1.10 bits per heavy atom. The Morgan fingerprint density at radius 2 is 1.71 bits per heavy atom. The van der Waals surface area contributed by atoms with E-state index in [2.05, 4.69) is 4.74 Å². The van der Waals surface area contributed by atoms with Crippen molar-refractivity contribution in [3.63, 3.8) is 0 Å². The number of amides is 1. The van der Waals surface area contributed by atoms with Crippen molar-refractivity contribution in [2.45, 2.75) is 13.2 Å². The van der Waals surface area contributed by atoms with E-state index in [0.29, 0.717) is 12.1 Å². The highest BCUT2D eigenvalue weighted by Crippen LogP contribution is 2.16. The molecule has 0 spiro atoms. The number of hydrogen-bond acceptors (Lipinski definition) is 2. The lowest BCUT2D eigenvalue weighted by atomic mass is 10.1. The van der Waals surface area contributed by atoms with Gasteiger partial charge in [0.25, 0.3) is 5.91 Å². The second kappa shape index (κ2) is 6.83. The summed E-state index contributed by atoms with van der Waals surface area (Å²) in [6.45, 7) is -2.39. The van der Waals surface area contributed by atoms with E-state index >= 15 is 0 Å². The first-order valence-corrected chi connectivity index (χ1v) is 6.40. The van der Waals surface area contributed by atoms with Gasteiger partial charge in [0.05, 0.1) is 0 Å². The number of nitrogens with zero attached hydrogens (tertiary/aromatic N) is 1. The van der Waals surface area contributed by atoms with Crippen LogP contribution in [0, 0.1) is 0 Å². The molecule has 5 heteroatoms. The molecule has 0 N–H and O–H groups in total. The summed E-state index contributed by atoms with van der Waals surface area (Å²) in [6, 6.07) is 15.3. The number of hydrogen-bond donors (Lipinski definition) is 0. The van der Waals surface area contributed by atoms with E-state index in [4.69, 9.17) is 0 Å². The zero-order valence-electron chi connectivity index (χ0n) is 11.5. The third-order valence-corrected chi connectivity index (χ3v) is 2.94. The first-order chi connectivity index (χ1) is 10.1. The number of alkyl halides is 2. The van der Waals surface area contributed by atoms with Gasteiger partial charge in [0, 0.05) is 19.2 Å². The fourth-order valence-corrected chi connectivity index (χ4v) is 1.93. The minimum absolute atomic E-state index is 0.0345. The molecule has 0 saturated heterocycles. The second-order valence-corrected chi connectivity index (χ2v) is 4.55. The van der Waals surface area contributed by atoms with Gasteiger partial charge < -0.3 is 9.64 Å². The van der Waals surface area contributed by atoms with Gasteiger partial charge in [-0.25, -0.2) is 0 Å². The molecule has 0 aromatic heterocycles. The molecule has 0 saturated carbocycles. The number of rotatable bonds is 5. The number of ether oxygens (including phenoxy) is 1. The Bertz CT molecular complexity index is 585. The molecule has 0 aliphatic rings. The van der Waals surface area contributed by atoms with Gasteiger partial charge in [-0.05, 0) is 29.8 Å². The average molecular weight is 291 g/mol. The molecule has 0 radical (unpaired) electrons. The third-order valence-electron chi connectivity index (χ3n) is 2.94. The summed E-state index contributed by atoms with van der Waals surface area (Å²) in [5.74, 6) is -0.144. The standard InChI is InChI=1S/C16H15F2NO2/c1-19(11-12-5-3-2-4-6-12)15(20)13-7-9-14(10-8-13)21-16(17)18/h2-10,16H,11H2,1H3. The molecule has 2 aromatic carbocycles. The van der Waals surface area contributed by atoms with Gasteiger partial charge >= 0.3 is 6.61 Å². The predicted molar refractivity (Wildman–Crippen MR) is 75.3 cm³/mol. The van der Waals surface area contributed by atoms with Crippen LogP contribution in [0.15, 0.2) is 54.6 Å². The Hall–Kier alpha value is -2.43. The van der Waals surface area contributed by atoms with Crippen LogP contribution < -0.4 is 4.74 Å². The van der Waals surface area contributed by atoms with Gasteiger partial charge in [0.2, 0.25) is 0 Å². The molecule has 0 aliphatic carbocycles. The SMILES string of the molecule is CN(Cc1ccccc1)C(=O)c1ccc(OC(F)F)cc1. The Morgan fingerprint density at radius 3 is 2.29 bits per heavy atom. The van der Waals surface area contributed by atoms with Gasteiger partial charge in [-0.1, -0.05) is 30.3 Å². The quantitative estimate of drug-likeness (QED) is 0.843. The van der Waals surface area contributed by atoms with Crippen molar-refractivity contribution in [2.75, 3.05) is 7.05 Å². The molecule has 0 atom stereocenters. The zero-order valence-corrected chi connectivity index (χ0v) is 11.5. The molecule has 0 bridgehead atoms. The predicted octanol–water partition coefficient (Wildman–Crippen LogP) is 3.56. The van der Waals surface area contributed by atoms with Crippen molar-refractivity contribution in [3.8, 4) is 5.75 Å². The molecule has 0 fully saturated rings. The lowest BCUT2D eigenvalue weighted by Gasteiger charge is -2.17. The Labute approximate surface area is 121 Å². The van der Waals surface area contributed by atoms with Crippen LogP contribution in [-0.2, 0) is 6.54 Å². The van der Waals surface area contributed by atoms with E-state index in [0.717, 1.165) is 5.56 Å². The first-order valence-electron chi connectivity index (χ1n) is 6.40. The van der Waals surface area contributed by atoms with Crippen molar-refractivity contribution < 1.29 is 18.3 Å². The van der Waals surface area contributed by atoms with E-state index in [1.54, 1.807) is 11.9 Å². The smallest absolute Gasteiger partial charge is 0.387 e.